The van der Waals surface area contributed by atoms with E-state index in [0.29, 0.717) is 25.1 Å². The van der Waals surface area contributed by atoms with Crippen LogP contribution in [0.25, 0.3) is 0 Å². The molecule has 0 amide bonds. The van der Waals surface area contributed by atoms with Crippen molar-refractivity contribution >= 4 is 0 Å². The zero-order valence-electron chi connectivity index (χ0n) is 12.7. The van der Waals surface area contributed by atoms with Gasteiger partial charge in [0.15, 0.2) is 0 Å². The molecule has 2 N–H and O–H groups in total. The minimum atomic E-state index is -0.484. The quantitative estimate of drug-likeness (QED) is 0.796. The lowest BCUT2D eigenvalue weighted by atomic mass is 10.1. The maximum Gasteiger partial charge on any atom is 0.122 e. The van der Waals surface area contributed by atoms with Crippen molar-refractivity contribution in [1.82, 2.24) is 5.32 Å². The van der Waals surface area contributed by atoms with Crippen LogP contribution >= 0.6 is 0 Å². The van der Waals surface area contributed by atoms with Crippen molar-refractivity contribution in [2.75, 3.05) is 13.2 Å². The van der Waals surface area contributed by atoms with Gasteiger partial charge in [0.05, 0.1) is 0 Å². The summed E-state index contributed by atoms with van der Waals surface area (Å²) >= 11 is 0. The summed E-state index contributed by atoms with van der Waals surface area (Å²) in [6.45, 7) is 11.4. The first-order valence-electron chi connectivity index (χ1n) is 7.01. The summed E-state index contributed by atoms with van der Waals surface area (Å²) in [6.07, 6.45) is -0.484. The molecular weight excluding hydrogens is 238 g/mol. The second-order valence-electron chi connectivity index (χ2n) is 5.67. The van der Waals surface area contributed by atoms with Crippen LogP contribution in [-0.4, -0.2) is 30.4 Å². The SMILES string of the molecule is Cc1ccc(OC[C@@H](O)CN[C@H](C)C(C)C)c(C)c1. The van der Waals surface area contributed by atoms with Crippen molar-refractivity contribution in [2.45, 2.75) is 46.8 Å². The van der Waals surface area contributed by atoms with Gasteiger partial charge in [-0.15, -0.1) is 0 Å². The number of hydrogen-bond acceptors (Lipinski definition) is 3. The molecule has 0 heterocycles. The number of aliphatic hydroxyl groups excluding tert-OH is 1. The van der Waals surface area contributed by atoms with Crippen LogP contribution in [0.5, 0.6) is 5.75 Å². The summed E-state index contributed by atoms with van der Waals surface area (Å²) in [7, 11) is 0. The Hall–Kier alpha value is -1.06. The van der Waals surface area contributed by atoms with Crippen LogP contribution in [0.1, 0.15) is 31.9 Å². The number of ether oxygens (including phenoxy) is 1. The first kappa shape index (κ1) is 16.0. The van der Waals surface area contributed by atoms with Gasteiger partial charge in [-0.25, -0.2) is 0 Å². The molecule has 0 radical (unpaired) electrons. The minimum Gasteiger partial charge on any atom is -0.491 e. The Morgan fingerprint density at radius 1 is 1.21 bits per heavy atom. The van der Waals surface area contributed by atoms with Crippen molar-refractivity contribution in [3.63, 3.8) is 0 Å². The summed E-state index contributed by atoms with van der Waals surface area (Å²) in [5.74, 6) is 1.41. The van der Waals surface area contributed by atoms with E-state index in [1.54, 1.807) is 0 Å². The van der Waals surface area contributed by atoms with Crippen LogP contribution in [0.3, 0.4) is 0 Å². The van der Waals surface area contributed by atoms with E-state index in [1.807, 2.05) is 19.1 Å². The summed E-state index contributed by atoms with van der Waals surface area (Å²) in [4.78, 5) is 0. The molecule has 2 atom stereocenters. The Balaban J connectivity index is 2.35. The molecule has 0 saturated heterocycles. The van der Waals surface area contributed by atoms with Gasteiger partial charge in [0.25, 0.3) is 0 Å². The van der Waals surface area contributed by atoms with Crippen LogP contribution in [0.15, 0.2) is 18.2 Å². The number of nitrogens with one attached hydrogen (secondary N) is 1. The number of hydrogen-bond donors (Lipinski definition) is 2. The van der Waals surface area contributed by atoms with E-state index in [4.69, 9.17) is 4.74 Å². The normalized spacial score (nSPS) is 14.5. The maximum absolute atomic E-state index is 9.90. The molecule has 1 rings (SSSR count). The molecule has 1 aromatic carbocycles. The Labute approximate surface area is 117 Å². The van der Waals surface area contributed by atoms with Crippen LogP contribution in [0, 0.1) is 19.8 Å². The Morgan fingerprint density at radius 3 is 2.47 bits per heavy atom. The fourth-order valence-corrected chi connectivity index (χ4v) is 1.76. The zero-order chi connectivity index (χ0) is 14.4. The summed E-state index contributed by atoms with van der Waals surface area (Å²) < 4.78 is 5.66. The van der Waals surface area contributed by atoms with Crippen LogP contribution in [0.4, 0.5) is 0 Å². The molecule has 1 aromatic rings. The monoisotopic (exact) mass is 265 g/mol. The molecule has 3 nitrogen and oxygen atoms in total. The van der Waals surface area contributed by atoms with Gasteiger partial charge in [0, 0.05) is 12.6 Å². The topological polar surface area (TPSA) is 41.5 Å². The number of aliphatic hydroxyl groups is 1. The van der Waals surface area contributed by atoms with E-state index in [0.717, 1.165) is 11.3 Å². The van der Waals surface area contributed by atoms with Gasteiger partial charge in [0.1, 0.15) is 18.5 Å². The standard InChI is InChI=1S/C16H27NO2/c1-11(2)14(5)17-9-15(18)10-19-16-7-6-12(3)8-13(16)4/h6-8,11,14-15,17-18H,9-10H2,1-5H3/t14-,15+/m1/s1. The molecular formula is C16H27NO2. The second-order valence-corrected chi connectivity index (χ2v) is 5.67. The number of aryl methyl sites for hydroxylation is 2. The molecule has 0 spiro atoms. The highest BCUT2D eigenvalue weighted by molar-refractivity contribution is 5.35. The van der Waals surface area contributed by atoms with Crippen LogP contribution in [-0.2, 0) is 0 Å². The highest BCUT2D eigenvalue weighted by Crippen LogP contribution is 2.18. The first-order valence-corrected chi connectivity index (χ1v) is 7.01. The molecule has 0 unspecified atom stereocenters. The Morgan fingerprint density at radius 2 is 1.89 bits per heavy atom. The maximum atomic E-state index is 9.90. The molecule has 3 heteroatoms. The van der Waals surface area contributed by atoms with Gasteiger partial charge >= 0.3 is 0 Å². The summed E-state index contributed by atoms with van der Waals surface area (Å²) in [6, 6.07) is 6.46. The van der Waals surface area contributed by atoms with Gasteiger partial charge in [-0.3, -0.25) is 0 Å². The molecule has 0 aliphatic carbocycles. The molecule has 0 fully saturated rings. The van der Waals surface area contributed by atoms with Crippen LogP contribution < -0.4 is 10.1 Å². The lowest BCUT2D eigenvalue weighted by Gasteiger charge is -2.20. The minimum absolute atomic E-state index is 0.321. The average molecular weight is 265 g/mol. The fraction of sp³-hybridized carbons (Fsp3) is 0.625. The van der Waals surface area contributed by atoms with Crippen molar-refractivity contribution in [3.05, 3.63) is 29.3 Å². The fourth-order valence-electron chi connectivity index (χ4n) is 1.76. The van der Waals surface area contributed by atoms with E-state index >= 15 is 0 Å². The molecule has 0 aliphatic rings. The Kier molecular flexibility index (Phi) is 6.32. The lowest BCUT2D eigenvalue weighted by Crippen LogP contribution is -2.39. The third-order valence-corrected chi connectivity index (χ3v) is 3.44. The molecule has 0 aromatic heterocycles. The van der Waals surface area contributed by atoms with Crippen molar-refractivity contribution < 1.29 is 9.84 Å². The first-order chi connectivity index (χ1) is 8.90. The predicted molar refractivity (Wildman–Crippen MR) is 79.7 cm³/mol. The smallest absolute Gasteiger partial charge is 0.122 e. The van der Waals surface area contributed by atoms with E-state index < -0.39 is 6.10 Å². The van der Waals surface area contributed by atoms with E-state index in [9.17, 15) is 5.11 Å². The predicted octanol–water partition coefficient (Wildman–Crippen LogP) is 2.68. The van der Waals surface area contributed by atoms with Gasteiger partial charge < -0.3 is 15.2 Å². The van der Waals surface area contributed by atoms with Gasteiger partial charge in [-0.1, -0.05) is 31.5 Å². The number of rotatable bonds is 7. The van der Waals surface area contributed by atoms with Crippen molar-refractivity contribution in [3.8, 4) is 5.75 Å². The average Bonchev–Trinajstić information content (AvgIpc) is 2.34. The van der Waals surface area contributed by atoms with Gasteiger partial charge in [-0.05, 0) is 38.3 Å². The molecule has 0 aliphatic heterocycles. The molecule has 0 bridgehead atoms. The van der Waals surface area contributed by atoms with Crippen molar-refractivity contribution in [2.24, 2.45) is 5.92 Å². The highest BCUT2D eigenvalue weighted by atomic mass is 16.5. The lowest BCUT2D eigenvalue weighted by molar-refractivity contribution is 0.102. The van der Waals surface area contributed by atoms with Gasteiger partial charge in [0.2, 0.25) is 0 Å². The van der Waals surface area contributed by atoms with E-state index in [-0.39, 0.29) is 0 Å². The second kappa shape index (κ2) is 7.51. The summed E-state index contributed by atoms with van der Waals surface area (Å²) in [5, 5.41) is 13.2. The molecule has 108 valence electrons. The Bertz CT molecular complexity index is 390. The molecule has 0 saturated carbocycles. The third-order valence-electron chi connectivity index (χ3n) is 3.44. The van der Waals surface area contributed by atoms with E-state index in [2.05, 4.69) is 39.1 Å². The van der Waals surface area contributed by atoms with Gasteiger partial charge in [-0.2, -0.15) is 0 Å². The highest BCUT2D eigenvalue weighted by Gasteiger charge is 2.10. The molecule has 19 heavy (non-hydrogen) atoms. The summed E-state index contributed by atoms with van der Waals surface area (Å²) in [5.41, 5.74) is 2.33. The largest absolute Gasteiger partial charge is 0.491 e. The van der Waals surface area contributed by atoms with Crippen LogP contribution in [0.2, 0.25) is 0 Å². The zero-order valence-corrected chi connectivity index (χ0v) is 12.7. The third kappa shape index (κ3) is 5.62. The number of benzene rings is 1. The van der Waals surface area contributed by atoms with Crippen molar-refractivity contribution in [1.29, 1.82) is 0 Å². The van der Waals surface area contributed by atoms with E-state index in [1.165, 1.54) is 5.56 Å².